The third-order valence-corrected chi connectivity index (χ3v) is 6.98. The molecule has 7 aromatic rings. The van der Waals surface area contributed by atoms with Crippen molar-refractivity contribution in [2.24, 2.45) is 0 Å². The molecule has 3 nitrogen and oxygen atoms in total. The Morgan fingerprint density at radius 2 is 1.44 bits per heavy atom. The zero-order valence-corrected chi connectivity index (χ0v) is 17.8. The van der Waals surface area contributed by atoms with Gasteiger partial charge in [0.1, 0.15) is 10.5 Å². The maximum Gasteiger partial charge on any atom is 0.227 e. The molecule has 0 aliphatic rings. The van der Waals surface area contributed by atoms with Crippen LogP contribution in [0.3, 0.4) is 0 Å². The summed E-state index contributed by atoms with van der Waals surface area (Å²) >= 11 is 1.68. The summed E-state index contributed by atoms with van der Waals surface area (Å²) in [5, 5.41) is 5.54. The summed E-state index contributed by atoms with van der Waals surface area (Å²) in [5.41, 5.74) is 4.62. The van der Waals surface area contributed by atoms with E-state index in [2.05, 4.69) is 78.9 Å². The van der Waals surface area contributed by atoms with Crippen LogP contribution >= 0.6 is 11.3 Å². The van der Waals surface area contributed by atoms with E-state index in [9.17, 15) is 0 Å². The average Bonchev–Trinajstić information content (AvgIpc) is 3.48. The Bertz CT molecular complexity index is 1760. The molecule has 7 rings (SSSR count). The minimum atomic E-state index is 0.629. The second kappa shape index (κ2) is 6.74. The van der Waals surface area contributed by atoms with Crippen LogP contribution in [0.5, 0.6) is 0 Å². The molecule has 0 atom stereocenters. The van der Waals surface area contributed by atoms with Crippen LogP contribution in [0.1, 0.15) is 0 Å². The molecule has 2 heterocycles. The van der Waals surface area contributed by atoms with E-state index in [4.69, 9.17) is 14.4 Å². The van der Waals surface area contributed by atoms with E-state index in [1.807, 2.05) is 18.2 Å². The van der Waals surface area contributed by atoms with Crippen LogP contribution in [0.25, 0.3) is 64.9 Å². The Hall–Kier alpha value is -4.02. The summed E-state index contributed by atoms with van der Waals surface area (Å²) < 4.78 is 7.61. The number of hydrogen-bond acceptors (Lipinski definition) is 4. The molecule has 0 saturated heterocycles. The van der Waals surface area contributed by atoms with E-state index in [1.165, 1.54) is 10.8 Å². The number of nitrogens with zero attached hydrogens (tertiary/aromatic N) is 2. The fourth-order valence-corrected chi connectivity index (χ4v) is 5.32. The standard InChI is InChI=1S/C28H16N2OS/c1-2-8-18-15-20(14-13-17(18)7-1)27-30-25-21-10-4-3-9-19(21)16-22(26(25)31-27)28-29-23-11-5-6-12-24(23)32-28/h1-16H. The fourth-order valence-electron chi connectivity index (χ4n) is 4.34. The summed E-state index contributed by atoms with van der Waals surface area (Å²) in [7, 11) is 0. The molecule has 0 saturated carbocycles. The quantitative estimate of drug-likeness (QED) is 0.279. The lowest BCUT2D eigenvalue weighted by molar-refractivity contribution is 0.621. The topological polar surface area (TPSA) is 38.9 Å². The predicted molar refractivity (Wildman–Crippen MR) is 133 cm³/mol. The number of para-hydroxylation sites is 1. The Kier molecular flexibility index (Phi) is 3.72. The van der Waals surface area contributed by atoms with Crippen molar-refractivity contribution in [1.29, 1.82) is 0 Å². The molecule has 0 aliphatic carbocycles. The first-order valence-corrected chi connectivity index (χ1v) is 11.3. The number of hydrogen-bond donors (Lipinski definition) is 0. The molecule has 0 amide bonds. The lowest BCUT2D eigenvalue weighted by atomic mass is 10.1. The number of rotatable bonds is 2. The lowest BCUT2D eigenvalue weighted by Gasteiger charge is -2.02. The highest BCUT2D eigenvalue weighted by molar-refractivity contribution is 7.21. The smallest absolute Gasteiger partial charge is 0.227 e. The van der Waals surface area contributed by atoms with Crippen molar-refractivity contribution in [1.82, 2.24) is 9.97 Å². The van der Waals surface area contributed by atoms with Gasteiger partial charge in [0.25, 0.3) is 0 Å². The second-order valence-electron chi connectivity index (χ2n) is 7.89. The average molecular weight is 429 g/mol. The minimum Gasteiger partial charge on any atom is -0.435 e. The van der Waals surface area contributed by atoms with Gasteiger partial charge in [0, 0.05) is 10.9 Å². The van der Waals surface area contributed by atoms with Gasteiger partial charge in [-0.3, -0.25) is 0 Å². The van der Waals surface area contributed by atoms with E-state index in [1.54, 1.807) is 11.3 Å². The third kappa shape index (κ3) is 2.67. The van der Waals surface area contributed by atoms with Crippen molar-refractivity contribution in [2.75, 3.05) is 0 Å². The summed E-state index contributed by atoms with van der Waals surface area (Å²) in [6, 6.07) is 33.4. The van der Waals surface area contributed by atoms with Crippen LogP contribution in [0.2, 0.25) is 0 Å². The summed E-state index contributed by atoms with van der Waals surface area (Å²) in [6.45, 7) is 0. The lowest BCUT2D eigenvalue weighted by Crippen LogP contribution is -1.82. The van der Waals surface area contributed by atoms with Crippen LogP contribution in [-0.2, 0) is 0 Å². The van der Waals surface area contributed by atoms with Gasteiger partial charge in [-0.2, -0.15) is 0 Å². The summed E-state index contributed by atoms with van der Waals surface area (Å²) in [4.78, 5) is 9.86. The fraction of sp³-hybridized carbons (Fsp3) is 0. The molecule has 0 radical (unpaired) electrons. The molecule has 0 fully saturated rings. The van der Waals surface area contributed by atoms with Crippen LogP contribution in [0, 0.1) is 0 Å². The van der Waals surface area contributed by atoms with Gasteiger partial charge in [-0.25, -0.2) is 9.97 Å². The maximum absolute atomic E-state index is 6.45. The maximum atomic E-state index is 6.45. The highest BCUT2D eigenvalue weighted by Crippen LogP contribution is 2.40. The van der Waals surface area contributed by atoms with E-state index in [0.717, 1.165) is 48.2 Å². The molecule has 0 spiro atoms. The Labute approximate surface area is 187 Å². The SMILES string of the molecule is c1ccc2cc(-c3nc4c(o3)c(-c3nc5ccccc5s3)cc3ccccc34)ccc2c1. The van der Waals surface area contributed by atoms with Crippen LogP contribution in [-0.4, -0.2) is 9.97 Å². The molecular weight excluding hydrogens is 412 g/mol. The third-order valence-electron chi connectivity index (χ3n) is 5.91. The molecule has 150 valence electrons. The van der Waals surface area contributed by atoms with Crippen LogP contribution < -0.4 is 0 Å². The van der Waals surface area contributed by atoms with Gasteiger partial charge in [-0.1, -0.05) is 66.7 Å². The molecule has 0 N–H and O–H groups in total. The van der Waals surface area contributed by atoms with E-state index < -0.39 is 0 Å². The first-order valence-electron chi connectivity index (χ1n) is 10.5. The number of aromatic nitrogens is 2. The first kappa shape index (κ1) is 17.6. The molecule has 0 aliphatic heterocycles. The Morgan fingerprint density at radius 3 is 2.34 bits per heavy atom. The zero-order valence-electron chi connectivity index (χ0n) is 16.9. The van der Waals surface area contributed by atoms with Gasteiger partial charge in [0.15, 0.2) is 5.58 Å². The number of thiazole rings is 1. The van der Waals surface area contributed by atoms with E-state index in [0.29, 0.717) is 5.89 Å². The zero-order chi connectivity index (χ0) is 21.1. The Balaban J connectivity index is 1.52. The largest absolute Gasteiger partial charge is 0.435 e. The number of fused-ring (bicyclic) bond motifs is 5. The molecule has 0 unspecified atom stereocenters. The van der Waals surface area contributed by atoms with Crippen molar-refractivity contribution in [3.63, 3.8) is 0 Å². The molecule has 4 heteroatoms. The molecule has 32 heavy (non-hydrogen) atoms. The van der Waals surface area contributed by atoms with Gasteiger partial charge in [0.05, 0.1) is 15.8 Å². The van der Waals surface area contributed by atoms with Crippen molar-refractivity contribution in [3.8, 4) is 22.0 Å². The van der Waals surface area contributed by atoms with Crippen molar-refractivity contribution < 1.29 is 4.42 Å². The second-order valence-corrected chi connectivity index (χ2v) is 8.92. The van der Waals surface area contributed by atoms with Crippen molar-refractivity contribution in [3.05, 3.63) is 97.1 Å². The minimum absolute atomic E-state index is 0.629. The highest BCUT2D eigenvalue weighted by Gasteiger charge is 2.19. The van der Waals surface area contributed by atoms with Crippen LogP contribution in [0.4, 0.5) is 0 Å². The molecule has 2 aromatic heterocycles. The first-order chi connectivity index (χ1) is 15.8. The van der Waals surface area contributed by atoms with E-state index in [-0.39, 0.29) is 0 Å². The van der Waals surface area contributed by atoms with Gasteiger partial charge < -0.3 is 4.42 Å². The van der Waals surface area contributed by atoms with Gasteiger partial charge in [-0.05, 0) is 46.5 Å². The van der Waals surface area contributed by atoms with Gasteiger partial charge >= 0.3 is 0 Å². The molecule has 0 bridgehead atoms. The Morgan fingerprint density at radius 1 is 0.656 bits per heavy atom. The van der Waals surface area contributed by atoms with Crippen LogP contribution in [0.15, 0.2) is 101 Å². The molecule has 5 aromatic carbocycles. The normalized spacial score (nSPS) is 11.8. The number of benzene rings is 5. The summed E-state index contributed by atoms with van der Waals surface area (Å²) in [5.74, 6) is 0.629. The monoisotopic (exact) mass is 428 g/mol. The van der Waals surface area contributed by atoms with Crippen molar-refractivity contribution in [2.45, 2.75) is 0 Å². The molecular formula is C28H16N2OS. The van der Waals surface area contributed by atoms with Gasteiger partial charge in [-0.15, -0.1) is 11.3 Å². The summed E-state index contributed by atoms with van der Waals surface area (Å²) in [6.07, 6.45) is 0. The van der Waals surface area contributed by atoms with Gasteiger partial charge in [0.2, 0.25) is 5.89 Å². The van der Waals surface area contributed by atoms with Crippen molar-refractivity contribution >= 4 is 54.2 Å². The number of oxazole rings is 1. The highest BCUT2D eigenvalue weighted by atomic mass is 32.1. The van der Waals surface area contributed by atoms with E-state index >= 15 is 0 Å². The predicted octanol–water partition coefficient (Wildman–Crippen LogP) is 8.08.